The van der Waals surface area contributed by atoms with Crippen molar-refractivity contribution in [3.63, 3.8) is 0 Å². The molecule has 0 fully saturated rings. The van der Waals surface area contributed by atoms with Crippen LogP contribution in [0.2, 0.25) is 0 Å². The SMILES string of the molecule is CC(C)(C)c1ccc(-c2ccnc3c2C(C)(C)C(C)(C)c2c-3cc(-c3cccc4c3nc(-c3cc(C(C)(C)C)cc(C(C)(C)C)c3O)n4-c3ccc(C(C)(C)C)cc3-c3ccccc3)c3oc4cc(C#N)ccc4c23)cc1. The van der Waals surface area contributed by atoms with Crippen LogP contribution in [-0.2, 0) is 32.5 Å². The van der Waals surface area contributed by atoms with E-state index >= 15 is 0 Å². The van der Waals surface area contributed by atoms with E-state index in [-0.39, 0.29) is 27.4 Å². The van der Waals surface area contributed by atoms with Gasteiger partial charge in [0.25, 0.3) is 0 Å². The molecule has 0 radical (unpaired) electrons. The second-order valence-electron chi connectivity index (χ2n) is 26.8. The lowest BCUT2D eigenvalue weighted by atomic mass is 9.54. The molecular weight excluding hydrogens is 941 g/mol. The number of nitrogens with zero attached hydrogens (tertiary/aromatic N) is 4. The molecule has 3 aromatic heterocycles. The average molecular weight is 1010 g/mol. The zero-order valence-corrected chi connectivity index (χ0v) is 47.9. The first-order valence-corrected chi connectivity index (χ1v) is 27.3. The van der Waals surface area contributed by atoms with Crippen molar-refractivity contribution in [3.8, 4) is 73.5 Å². The Labute approximate surface area is 455 Å². The summed E-state index contributed by atoms with van der Waals surface area (Å²) < 4.78 is 9.46. The quantitative estimate of drug-likeness (QED) is 0.186. The molecule has 1 aliphatic rings. The number of benzene rings is 7. The Morgan fingerprint density at radius 1 is 0.545 bits per heavy atom. The van der Waals surface area contributed by atoms with Crippen LogP contribution < -0.4 is 0 Å². The van der Waals surface area contributed by atoms with Gasteiger partial charge in [0.15, 0.2) is 0 Å². The number of aromatic nitrogens is 3. The van der Waals surface area contributed by atoms with Crippen LogP contribution in [0.3, 0.4) is 0 Å². The summed E-state index contributed by atoms with van der Waals surface area (Å²) in [4.78, 5) is 11.2. The highest BCUT2D eigenvalue weighted by Crippen LogP contribution is 2.60. The number of pyridine rings is 1. The fourth-order valence-electron chi connectivity index (χ4n) is 12.0. The molecule has 6 heteroatoms. The molecule has 7 aromatic carbocycles. The molecule has 0 spiro atoms. The summed E-state index contributed by atoms with van der Waals surface area (Å²) in [7, 11) is 0. The van der Waals surface area contributed by atoms with Gasteiger partial charge >= 0.3 is 0 Å². The van der Waals surface area contributed by atoms with Gasteiger partial charge in [-0.15, -0.1) is 0 Å². The maximum absolute atomic E-state index is 12.8. The van der Waals surface area contributed by atoms with Crippen molar-refractivity contribution in [1.29, 1.82) is 5.26 Å². The first-order chi connectivity index (χ1) is 36.1. The van der Waals surface area contributed by atoms with Crippen LogP contribution >= 0.6 is 0 Å². The minimum atomic E-state index is -0.450. The smallest absolute Gasteiger partial charge is 0.149 e. The second-order valence-corrected chi connectivity index (χ2v) is 26.8. The number of fused-ring (bicyclic) bond motifs is 8. The van der Waals surface area contributed by atoms with Gasteiger partial charge in [0.2, 0.25) is 0 Å². The third-order valence-corrected chi connectivity index (χ3v) is 17.1. The molecule has 0 atom stereocenters. The Balaban J connectivity index is 1.29. The van der Waals surface area contributed by atoms with Gasteiger partial charge in [0.05, 0.1) is 39.6 Å². The number of nitriles is 1. The molecule has 1 aliphatic carbocycles. The molecule has 0 saturated carbocycles. The zero-order valence-electron chi connectivity index (χ0n) is 47.9. The van der Waals surface area contributed by atoms with E-state index in [0.29, 0.717) is 22.5 Å². The predicted octanol–water partition coefficient (Wildman–Crippen LogP) is 19.0. The van der Waals surface area contributed by atoms with E-state index in [9.17, 15) is 10.4 Å². The summed E-state index contributed by atoms with van der Waals surface area (Å²) in [5.74, 6) is 0.853. The number of phenols is 1. The van der Waals surface area contributed by atoms with Crippen molar-refractivity contribution in [2.24, 2.45) is 0 Å². The van der Waals surface area contributed by atoms with Crippen molar-refractivity contribution in [1.82, 2.24) is 14.5 Å². The maximum atomic E-state index is 12.8. The average Bonchev–Trinajstić information content (AvgIpc) is 4.03. The number of para-hydroxylation sites is 1. The highest BCUT2D eigenvalue weighted by Gasteiger charge is 2.50. The Hall–Kier alpha value is -7.75. The molecule has 0 aliphatic heterocycles. The number of phenolic OH excluding ortho intramolecular Hbond substituents is 1. The van der Waals surface area contributed by atoms with E-state index in [0.717, 1.165) is 88.8 Å². The van der Waals surface area contributed by atoms with Crippen molar-refractivity contribution in [2.45, 2.75) is 143 Å². The summed E-state index contributed by atoms with van der Waals surface area (Å²) in [6, 6.07) is 49.9. The van der Waals surface area contributed by atoms with E-state index < -0.39 is 10.8 Å². The van der Waals surface area contributed by atoms with Gasteiger partial charge in [-0.1, -0.05) is 190 Å². The van der Waals surface area contributed by atoms with Crippen LogP contribution in [0.25, 0.3) is 94.7 Å². The topological polar surface area (TPSA) is 87.9 Å². The number of imidazole rings is 1. The molecule has 11 rings (SSSR count). The zero-order chi connectivity index (χ0) is 55.1. The minimum absolute atomic E-state index is 0.0201. The minimum Gasteiger partial charge on any atom is -0.507 e. The number of rotatable bonds is 5. The van der Waals surface area contributed by atoms with E-state index in [1.165, 1.54) is 22.3 Å². The van der Waals surface area contributed by atoms with Gasteiger partial charge in [-0.25, -0.2) is 4.98 Å². The van der Waals surface area contributed by atoms with Gasteiger partial charge in [-0.3, -0.25) is 9.55 Å². The Bertz CT molecular complexity index is 4070. The molecule has 0 unspecified atom stereocenters. The first kappa shape index (κ1) is 51.4. The van der Waals surface area contributed by atoms with Crippen molar-refractivity contribution in [3.05, 3.63) is 179 Å². The summed E-state index contributed by atoms with van der Waals surface area (Å²) in [6.07, 6.45) is 1.97. The normalized spacial score (nSPS) is 14.5. The number of hydrogen-bond donors (Lipinski definition) is 1. The molecule has 0 saturated heterocycles. The Kier molecular flexibility index (Phi) is 11.6. The largest absolute Gasteiger partial charge is 0.507 e. The fraction of sp³-hybridized carbons (Fsp3) is 0.310. The highest BCUT2D eigenvalue weighted by atomic mass is 16.3. The number of aromatic hydroxyl groups is 1. The van der Waals surface area contributed by atoms with Crippen molar-refractivity contribution < 1.29 is 9.52 Å². The van der Waals surface area contributed by atoms with Crippen molar-refractivity contribution >= 4 is 33.0 Å². The van der Waals surface area contributed by atoms with E-state index in [2.05, 4.69) is 243 Å². The highest BCUT2D eigenvalue weighted by molar-refractivity contribution is 6.16. The maximum Gasteiger partial charge on any atom is 0.149 e. The number of furan rings is 1. The van der Waals surface area contributed by atoms with Crippen LogP contribution in [0.5, 0.6) is 5.75 Å². The lowest BCUT2D eigenvalue weighted by Crippen LogP contribution is -2.44. The van der Waals surface area contributed by atoms with Gasteiger partial charge in [0, 0.05) is 55.6 Å². The standard InChI is InChI=1S/C71H72N4O2/c1-66(2,3)44-28-26-43(27-29-44)47-33-34-73-62-52-39-51(64-58(49-31-25-41(40-72)35-57(49)77-64)59(52)70(13,14)71(15,16)60(47)62)48-23-20-24-56-61(48)74-65(53-37-46(68(7,8)9)38-54(63(53)76)69(10,11)12)75(56)55-32-30-45(67(4,5)6)36-50(55)42-21-18-17-19-22-42/h17-39,76H,1-16H3. The molecule has 0 amide bonds. The Morgan fingerprint density at radius 3 is 1.83 bits per heavy atom. The molecule has 1 N–H and O–H groups in total. The van der Waals surface area contributed by atoms with E-state index in [1.807, 2.05) is 18.3 Å². The van der Waals surface area contributed by atoms with Crippen molar-refractivity contribution in [2.75, 3.05) is 0 Å². The number of hydrogen-bond acceptors (Lipinski definition) is 5. The summed E-state index contributed by atoms with van der Waals surface area (Å²) in [5.41, 5.74) is 18.6. The summed E-state index contributed by atoms with van der Waals surface area (Å²) >= 11 is 0. The van der Waals surface area contributed by atoms with Crippen LogP contribution in [0, 0.1) is 11.3 Å². The molecule has 77 heavy (non-hydrogen) atoms. The third-order valence-electron chi connectivity index (χ3n) is 17.1. The molecule has 388 valence electrons. The molecule has 10 aromatic rings. The molecule has 0 bridgehead atoms. The van der Waals surface area contributed by atoms with Crippen LogP contribution in [0.15, 0.2) is 144 Å². The molecule has 3 heterocycles. The van der Waals surface area contributed by atoms with Crippen LogP contribution in [-0.4, -0.2) is 19.6 Å². The molecule has 6 nitrogen and oxygen atoms in total. The van der Waals surface area contributed by atoms with Gasteiger partial charge in [-0.2, -0.15) is 5.26 Å². The Morgan fingerprint density at radius 2 is 1.18 bits per heavy atom. The summed E-state index contributed by atoms with van der Waals surface area (Å²) in [6.45, 7) is 36.1. The predicted molar refractivity (Wildman–Crippen MR) is 321 cm³/mol. The first-order valence-electron chi connectivity index (χ1n) is 27.3. The summed E-state index contributed by atoms with van der Waals surface area (Å²) in [5, 5.41) is 25.0. The third kappa shape index (κ3) is 8.19. The lowest BCUT2D eigenvalue weighted by molar-refractivity contribution is 0.301. The van der Waals surface area contributed by atoms with E-state index in [4.69, 9.17) is 14.4 Å². The van der Waals surface area contributed by atoms with Gasteiger partial charge in [-0.05, 0) is 121 Å². The molecular formula is C71H72N4O2. The second kappa shape index (κ2) is 17.4. The van der Waals surface area contributed by atoms with Crippen LogP contribution in [0.1, 0.15) is 150 Å². The van der Waals surface area contributed by atoms with Gasteiger partial charge in [0.1, 0.15) is 22.7 Å². The van der Waals surface area contributed by atoms with Gasteiger partial charge < -0.3 is 9.52 Å². The monoisotopic (exact) mass is 1010 g/mol. The lowest BCUT2D eigenvalue weighted by Gasteiger charge is -2.49. The van der Waals surface area contributed by atoms with E-state index in [1.54, 1.807) is 0 Å². The fourth-order valence-corrected chi connectivity index (χ4v) is 12.0. The van der Waals surface area contributed by atoms with Crippen LogP contribution in [0.4, 0.5) is 0 Å².